The zero-order chi connectivity index (χ0) is 17.1. The van der Waals surface area contributed by atoms with Crippen molar-refractivity contribution in [3.8, 4) is 17.2 Å². The largest absolute Gasteiger partial charge is 0.493 e. The summed E-state index contributed by atoms with van der Waals surface area (Å²) in [6.45, 7) is 6.49. The maximum absolute atomic E-state index is 11.6. The molecule has 132 valence electrons. The number of amides is 1. The molecule has 0 saturated carbocycles. The van der Waals surface area contributed by atoms with Gasteiger partial charge in [-0.15, -0.1) is 0 Å². The van der Waals surface area contributed by atoms with Crippen LogP contribution in [0.2, 0.25) is 0 Å². The van der Waals surface area contributed by atoms with Crippen LogP contribution in [0.25, 0.3) is 0 Å². The second-order valence-electron chi connectivity index (χ2n) is 6.44. The van der Waals surface area contributed by atoms with Crippen LogP contribution in [0.5, 0.6) is 17.2 Å². The Labute approximate surface area is 143 Å². The van der Waals surface area contributed by atoms with Gasteiger partial charge < -0.3 is 24.4 Å². The highest BCUT2D eigenvalue weighted by atomic mass is 16.7. The third kappa shape index (κ3) is 3.43. The SMILES string of the molecule is CC[C@@H]1CN(C(C)=O)CC[C@@H]1NCc1cc(OC)c2c(c1)OCO2. The average Bonchev–Trinajstić information content (AvgIpc) is 3.07. The lowest BCUT2D eigenvalue weighted by Gasteiger charge is -2.38. The van der Waals surface area contributed by atoms with Crippen LogP contribution in [0.3, 0.4) is 0 Å². The van der Waals surface area contributed by atoms with Crippen LogP contribution in [0.4, 0.5) is 0 Å². The van der Waals surface area contributed by atoms with E-state index >= 15 is 0 Å². The van der Waals surface area contributed by atoms with Crippen molar-refractivity contribution >= 4 is 5.91 Å². The predicted octanol–water partition coefficient (Wildman–Crippen LogP) is 2.16. The first-order valence-electron chi connectivity index (χ1n) is 8.57. The Balaban J connectivity index is 1.64. The summed E-state index contributed by atoms with van der Waals surface area (Å²) in [5.74, 6) is 2.79. The minimum atomic E-state index is 0.174. The van der Waals surface area contributed by atoms with Gasteiger partial charge in [0.1, 0.15) is 0 Å². The summed E-state index contributed by atoms with van der Waals surface area (Å²) in [6, 6.07) is 4.41. The average molecular weight is 334 g/mol. The lowest BCUT2D eigenvalue weighted by molar-refractivity contribution is -0.131. The van der Waals surface area contributed by atoms with Crippen molar-refractivity contribution in [1.29, 1.82) is 0 Å². The van der Waals surface area contributed by atoms with Gasteiger partial charge in [0.2, 0.25) is 18.4 Å². The van der Waals surface area contributed by atoms with Gasteiger partial charge in [-0.1, -0.05) is 13.3 Å². The molecule has 2 heterocycles. The quantitative estimate of drug-likeness (QED) is 0.894. The minimum absolute atomic E-state index is 0.174. The van der Waals surface area contributed by atoms with Crippen molar-refractivity contribution < 1.29 is 19.0 Å². The van der Waals surface area contributed by atoms with Crippen LogP contribution in [0.1, 0.15) is 32.3 Å². The molecule has 1 saturated heterocycles. The van der Waals surface area contributed by atoms with Crippen molar-refractivity contribution in [3.05, 3.63) is 17.7 Å². The number of ether oxygens (including phenoxy) is 3. The molecule has 0 unspecified atom stereocenters. The Morgan fingerprint density at radius 3 is 2.96 bits per heavy atom. The molecule has 24 heavy (non-hydrogen) atoms. The minimum Gasteiger partial charge on any atom is -0.493 e. The molecule has 2 aliphatic rings. The fraction of sp³-hybridized carbons (Fsp3) is 0.611. The number of piperidine rings is 1. The van der Waals surface area contributed by atoms with Crippen molar-refractivity contribution in [2.45, 2.75) is 39.3 Å². The van der Waals surface area contributed by atoms with E-state index in [1.807, 2.05) is 17.0 Å². The first-order valence-corrected chi connectivity index (χ1v) is 8.57. The number of rotatable bonds is 5. The highest BCUT2D eigenvalue weighted by molar-refractivity contribution is 5.73. The van der Waals surface area contributed by atoms with E-state index in [2.05, 4.69) is 12.2 Å². The number of hydrogen-bond acceptors (Lipinski definition) is 5. The third-order valence-electron chi connectivity index (χ3n) is 4.99. The van der Waals surface area contributed by atoms with Gasteiger partial charge in [0.05, 0.1) is 7.11 Å². The molecule has 0 radical (unpaired) electrons. The highest BCUT2D eigenvalue weighted by Gasteiger charge is 2.29. The Bertz CT molecular complexity index is 605. The molecule has 0 bridgehead atoms. The number of nitrogens with zero attached hydrogens (tertiary/aromatic N) is 1. The number of likely N-dealkylation sites (tertiary alicyclic amines) is 1. The van der Waals surface area contributed by atoms with Crippen molar-refractivity contribution in [2.24, 2.45) is 5.92 Å². The van der Waals surface area contributed by atoms with E-state index in [1.165, 1.54) is 0 Å². The van der Waals surface area contributed by atoms with Crippen LogP contribution >= 0.6 is 0 Å². The zero-order valence-electron chi connectivity index (χ0n) is 14.6. The van der Waals surface area contributed by atoms with Gasteiger partial charge in [-0.2, -0.15) is 0 Å². The second-order valence-corrected chi connectivity index (χ2v) is 6.44. The number of carbonyl (C=O) groups is 1. The van der Waals surface area contributed by atoms with Gasteiger partial charge in [0.15, 0.2) is 11.5 Å². The van der Waals surface area contributed by atoms with Crippen molar-refractivity contribution in [3.63, 3.8) is 0 Å². The molecule has 6 nitrogen and oxygen atoms in total. The van der Waals surface area contributed by atoms with Crippen LogP contribution in [-0.2, 0) is 11.3 Å². The molecular weight excluding hydrogens is 308 g/mol. The first kappa shape index (κ1) is 16.9. The van der Waals surface area contributed by atoms with Gasteiger partial charge in [-0.25, -0.2) is 0 Å². The molecule has 1 aromatic carbocycles. The van der Waals surface area contributed by atoms with Crippen LogP contribution in [-0.4, -0.2) is 43.8 Å². The monoisotopic (exact) mass is 334 g/mol. The molecule has 2 aliphatic heterocycles. The summed E-state index contributed by atoms with van der Waals surface area (Å²) in [4.78, 5) is 13.5. The van der Waals surface area contributed by atoms with Crippen LogP contribution in [0.15, 0.2) is 12.1 Å². The molecule has 2 atom stereocenters. The molecule has 1 fully saturated rings. The summed E-state index contributed by atoms with van der Waals surface area (Å²) in [5.41, 5.74) is 1.11. The fourth-order valence-electron chi connectivity index (χ4n) is 3.54. The number of fused-ring (bicyclic) bond motifs is 1. The van der Waals surface area contributed by atoms with E-state index in [1.54, 1.807) is 14.0 Å². The van der Waals surface area contributed by atoms with E-state index in [9.17, 15) is 4.79 Å². The normalized spacial score (nSPS) is 22.5. The topological polar surface area (TPSA) is 60.0 Å². The smallest absolute Gasteiger partial charge is 0.231 e. The molecule has 0 aliphatic carbocycles. The molecule has 1 amide bonds. The molecular formula is C18H26N2O4. The van der Waals surface area contributed by atoms with Crippen LogP contribution < -0.4 is 19.5 Å². The third-order valence-corrected chi connectivity index (χ3v) is 4.99. The van der Waals surface area contributed by atoms with Gasteiger partial charge in [0.25, 0.3) is 0 Å². The Kier molecular flexibility index (Phi) is 5.14. The van der Waals surface area contributed by atoms with Gasteiger partial charge >= 0.3 is 0 Å². The van der Waals surface area contributed by atoms with Gasteiger partial charge in [-0.05, 0) is 30.0 Å². The van der Waals surface area contributed by atoms with E-state index in [4.69, 9.17) is 14.2 Å². The predicted molar refractivity (Wildman–Crippen MR) is 90.4 cm³/mol. The zero-order valence-corrected chi connectivity index (χ0v) is 14.6. The summed E-state index contributed by atoms with van der Waals surface area (Å²) in [5, 5.41) is 3.65. The molecule has 1 N–H and O–H groups in total. The molecule has 0 aromatic heterocycles. The van der Waals surface area contributed by atoms with Crippen molar-refractivity contribution in [1.82, 2.24) is 10.2 Å². The van der Waals surface area contributed by atoms with Gasteiger partial charge in [0, 0.05) is 32.6 Å². The molecule has 6 heteroatoms. The molecule has 1 aromatic rings. The highest BCUT2D eigenvalue weighted by Crippen LogP contribution is 2.41. The number of carbonyl (C=O) groups excluding carboxylic acids is 1. The fourth-order valence-corrected chi connectivity index (χ4v) is 3.54. The summed E-state index contributed by atoms with van der Waals surface area (Å²) >= 11 is 0. The second kappa shape index (κ2) is 7.30. The standard InChI is InChI=1S/C18H26N2O4/c1-4-14-10-20(12(2)21)6-5-15(14)19-9-13-7-16(22-3)18-17(8-13)23-11-24-18/h7-8,14-15,19H,4-6,9-11H2,1-3H3/t14-,15+/m1/s1. The number of benzene rings is 1. The summed E-state index contributed by atoms with van der Waals surface area (Å²) in [6.07, 6.45) is 2.05. The number of hydrogen-bond donors (Lipinski definition) is 1. The summed E-state index contributed by atoms with van der Waals surface area (Å²) < 4.78 is 16.3. The Hall–Kier alpha value is -1.95. The maximum atomic E-state index is 11.6. The Morgan fingerprint density at radius 1 is 1.42 bits per heavy atom. The lowest BCUT2D eigenvalue weighted by atomic mass is 9.89. The molecule has 0 spiro atoms. The molecule has 3 rings (SSSR count). The van der Waals surface area contributed by atoms with Crippen LogP contribution in [0, 0.1) is 5.92 Å². The summed E-state index contributed by atoms with van der Waals surface area (Å²) in [7, 11) is 1.64. The van der Waals surface area contributed by atoms with E-state index in [0.29, 0.717) is 23.5 Å². The lowest BCUT2D eigenvalue weighted by Crippen LogP contribution is -2.50. The maximum Gasteiger partial charge on any atom is 0.231 e. The van der Waals surface area contributed by atoms with Gasteiger partial charge in [-0.3, -0.25) is 4.79 Å². The van der Waals surface area contributed by atoms with E-state index in [-0.39, 0.29) is 12.7 Å². The first-order chi connectivity index (χ1) is 11.6. The number of nitrogens with one attached hydrogen (secondary N) is 1. The van der Waals surface area contributed by atoms with E-state index in [0.717, 1.165) is 43.8 Å². The Morgan fingerprint density at radius 2 is 2.25 bits per heavy atom. The number of methoxy groups -OCH3 is 1. The van der Waals surface area contributed by atoms with Crippen molar-refractivity contribution in [2.75, 3.05) is 27.0 Å². The van der Waals surface area contributed by atoms with E-state index < -0.39 is 0 Å².